The van der Waals surface area contributed by atoms with E-state index in [2.05, 4.69) is 6.07 Å². The zero-order chi connectivity index (χ0) is 16.0. The van der Waals surface area contributed by atoms with Crippen LogP contribution < -0.4 is 4.74 Å². The van der Waals surface area contributed by atoms with Crippen LogP contribution in [0.5, 0.6) is 5.75 Å². The Balaban J connectivity index is 3.03. The van der Waals surface area contributed by atoms with Crippen LogP contribution in [0.15, 0.2) is 17.7 Å². The van der Waals surface area contributed by atoms with E-state index in [0.29, 0.717) is 18.4 Å². The van der Waals surface area contributed by atoms with Crippen LogP contribution in [0.1, 0.15) is 42.0 Å². The minimum atomic E-state index is -0.793. The van der Waals surface area contributed by atoms with E-state index < -0.39 is 5.97 Å². The molecule has 0 aliphatic rings. The summed E-state index contributed by atoms with van der Waals surface area (Å²) in [6, 6.07) is 4.05. The third-order valence-corrected chi connectivity index (χ3v) is 3.65. The molecule has 4 nitrogen and oxygen atoms in total. The first-order valence-electron chi connectivity index (χ1n) is 6.85. The molecule has 0 radical (unpaired) electrons. The molecule has 1 aromatic carbocycles. The molecule has 0 aliphatic heterocycles. The highest BCUT2D eigenvalue weighted by molar-refractivity contribution is 5.67. The third kappa shape index (κ3) is 4.35. The topological polar surface area (TPSA) is 70.3 Å². The molecule has 0 saturated carbocycles. The molecule has 4 heteroatoms. The lowest BCUT2D eigenvalue weighted by molar-refractivity contribution is -0.136. The van der Waals surface area contributed by atoms with Crippen molar-refractivity contribution in [2.24, 2.45) is 0 Å². The summed E-state index contributed by atoms with van der Waals surface area (Å²) in [7, 11) is 1.62. The number of aliphatic carboxylic acids is 1. The van der Waals surface area contributed by atoms with E-state index in [1.54, 1.807) is 7.11 Å². The second-order valence-electron chi connectivity index (χ2n) is 5.13. The smallest absolute Gasteiger partial charge is 0.303 e. The zero-order valence-electron chi connectivity index (χ0n) is 13.0. The highest BCUT2D eigenvalue weighted by atomic mass is 16.5. The average Bonchev–Trinajstić information content (AvgIpc) is 2.46. The zero-order valence-corrected chi connectivity index (χ0v) is 13.0. The Bertz CT molecular complexity index is 609. The largest absolute Gasteiger partial charge is 0.496 e. The summed E-state index contributed by atoms with van der Waals surface area (Å²) in [5.74, 6) is 0.00654. The van der Waals surface area contributed by atoms with Gasteiger partial charge in [0.1, 0.15) is 5.75 Å². The van der Waals surface area contributed by atoms with Crippen LogP contribution in [0.3, 0.4) is 0 Å². The van der Waals surface area contributed by atoms with E-state index in [1.165, 1.54) is 0 Å². The summed E-state index contributed by atoms with van der Waals surface area (Å²) >= 11 is 0. The van der Waals surface area contributed by atoms with Crippen LogP contribution >= 0.6 is 0 Å². The summed E-state index contributed by atoms with van der Waals surface area (Å²) in [5, 5.41) is 17.9. The third-order valence-electron chi connectivity index (χ3n) is 3.65. The van der Waals surface area contributed by atoms with Crippen LogP contribution in [0.4, 0.5) is 0 Å². The normalized spacial score (nSPS) is 11.1. The molecule has 0 aromatic heterocycles. The van der Waals surface area contributed by atoms with Gasteiger partial charge in [0, 0.05) is 6.42 Å². The fraction of sp³-hybridized carbons (Fsp3) is 0.412. The van der Waals surface area contributed by atoms with Gasteiger partial charge in [0.2, 0.25) is 0 Å². The van der Waals surface area contributed by atoms with Gasteiger partial charge in [0.25, 0.3) is 0 Å². The number of methoxy groups -OCH3 is 1. The second kappa shape index (κ2) is 7.49. The molecule has 0 aliphatic carbocycles. The first kappa shape index (κ1) is 16.8. The van der Waals surface area contributed by atoms with Crippen molar-refractivity contribution in [3.05, 3.63) is 40.0 Å². The van der Waals surface area contributed by atoms with Crippen LogP contribution in [-0.2, 0) is 11.2 Å². The Kier molecular flexibility index (Phi) is 5.98. The number of nitriles is 1. The average molecular weight is 287 g/mol. The summed E-state index contributed by atoms with van der Waals surface area (Å²) in [6.45, 7) is 5.77. The predicted molar refractivity (Wildman–Crippen MR) is 81.5 cm³/mol. The maximum atomic E-state index is 10.6. The maximum Gasteiger partial charge on any atom is 0.303 e. The van der Waals surface area contributed by atoms with Crippen LogP contribution in [0, 0.1) is 25.2 Å². The Hall–Kier alpha value is -2.28. The summed E-state index contributed by atoms with van der Waals surface area (Å²) in [5.41, 5.74) is 4.54. The number of allylic oxidation sites excluding steroid dienone is 2. The molecule has 1 N–H and O–H groups in total. The standard InChI is InChI=1S/C17H21NO3/c1-11(6-8-16(19)20)5-7-14-9-15(10-18)12(2)13(3)17(14)21-4/h5,9H,6-8H2,1-4H3,(H,19,20)/b11-5+. The molecule has 0 spiro atoms. The van der Waals surface area contributed by atoms with Gasteiger partial charge in [0.15, 0.2) is 0 Å². The van der Waals surface area contributed by atoms with Crippen LogP contribution in [0.25, 0.3) is 0 Å². The molecule has 0 heterocycles. The number of nitrogens with zero attached hydrogens (tertiary/aromatic N) is 1. The van der Waals surface area contributed by atoms with Gasteiger partial charge in [-0.15, -0.1) is 0 Å². The quantitative estimate of drug-likeness (QED) is 0.812. The SMILES string of the molecule is COc1c(C/C=C(\C)CCC(=O)O)cc(C#N)c(C)c1C. The van der Waals surface area contributed by atoms with E-state index >= 15 is 0 Å². The van der Waals surface area contributed by atoms with E-state index in [1.807, 2.05) is 32.9 Å². The van der Waals surface area contributed by atoms with Crippen molar-refractivity contribution in [2.45, 2.75) is 40.0 Å². The highest BCUT2D eigenvalue weighted by Gasteiger charge is 2.12. The molecular weight excluding hydrogens is 266 g/mol. The van der Waals surface area contributed by atoms with Crippen molar-refractivity contribution in [1.29, 1.82) is 5.26 Å². The van der Waals surface area contributed by atoms with Gasteiger partial charge in [-0.3, -0.25) is 4.79 Å². The number of ether oxygens (including phenoxy) is 1. The minimum Gasteiger partial charge on any atom is -0.496 e. The van der Waals surface area contributed by atoms with Gasteiger partial charge in [-0.05, 0) is 56.4 Å². The number of carbonyl (C=O) groups is 1. The molecule has 21 heavy (non-hydrogen) atoms. The summed E-state index contributed by atoms with van der Waals surface area (Å²) in [4.78, 5) is 10.6. The molecular formula is C17H21NO3. The van der Waals surface area contributed by atoms with Crippen molar-refractivity contribution < 1.29 is 14.6 Å². The number of carboxylic acid groups (broad SMARTS) is 1. The van der Waals surface area contributed by atoms with Crippen molar-refractivity contribution in [1.82, 2.24) is 0 Å². The lowest BCUT2D eigenvalue weighted by atomic mass is 9.96. The van der Waals surface area contributed by atoms with E-state index in [9.17, 15) is 10.1 Å². The molecule has 1 aromatic rings. The number of hydrogen-bond acceptors (Lipinski definition) is 3. The lowest BCUT2D eigenvalue weighted by Gasteiger charge is -2.14. The number of rotatable bonds is 6. The summed E-state index contributed by atoms with van der Waals surface area (Å²) in [6.07, 6.45) is 3.30. The molecule has 112 valence electrons. The van der Waals surface area contributed by atoms with Gasteiger partial charge in [-0.2, -0.15) is 5.26 Å². The Morgan fingerprint density at radius 1 is 1.38 bits per heavy atom. The predicted octanol–water partition coefficient (Wildman–Crippen LogP) is 3.54. The highest BCUT2D eigenvalue weighted by Crippen LogP contribution is 2.29. The first-order valence-corrected chi connectivity index (χ1v) is 6.85. The fourth-order valence-corrected chi connectivity index (χ4v) is 2.20. The Morgan fingerprint density at radius 2 is 2.05 bits per heavy atom. The van der Waals surface area contributed by atoms with E-state index in [-0.39, 0.29) is 6.42 Å². The molecule has 0 unspecified atom stereocenters. The van der Waals surface area contributed by atoms with Gasteiger partial charge in [-0.1, -0.05) is 11.6 Å². The van der Waals surface area contributed by atoms with Gasteiger partial charge >= 0.3 is 5.97 Å². The molecule has 0 amide bonds. The number of carboxylic acids is 1. The van der Waals surface area contributed by atoms with Gasteiger partial charge < -0.3 is 9.84 Å². The molecule has 0 atom stereocenters. The van der Waals surface area contributed by atoms with Crippen molar-refractivity contribution in [3.63, 3.8) is 0 Å². The fourth-order valence-electron chi connectivity index (χ4n) is 2.20. The Morgan fingerprint density at radius 3 is 2.57 bits per heavy atom. The van der Waals surface area contributed by atoms with Crippen molar-refractivity contribution in [3.8, 4) is 11.8 Å². The molecule has 0 fully saturated rings. The van der Waals surface area contributed by atoms with Crippen LogP contribution in [-0.4, -0.2) is 18.2 Å². The van der Waals surface area contributed by atoms with Gasteiger partial charge in [-0.25, -0.2) is 0 Å². The minimum absolute atomic E-state index is 0.135. The number of benzene rings is 1. The second-order valence-corrected chi connectivity index (χ2v) is 5.13. The van der Waals surface area contributed by atoms with Crippen molar-refractivity contribution >= 4 is 5.97 Å². The van der Waals surface area contributed by atoms with Crippen LogP contribution in [0.2, 0.25) is 0 Å². The maximum absolute atomic E-state index is 10.6. The van der Waals surface area contributed by atoms with Gasteiger partial charge in [0.05, 0.1) is 18.7 Å². The monoisotopic (exact) mass is 287 g/mol. The molecule has 1 rings (SSSR count). The Labute approximate surface area is 125 Å². The van der Waals surface area contributed by atoms with E-state index in [4.69, 9.17) is 9.84 Å². The summed E-state index contributed by atoms with van der Waals surface area (Å²) < 4.78 is 5.45. The first-order chi connectivity index (χ1) is 9.90. The van der Waals surface area contributed by atoms with E-state index in [0.717, 1.165) is 28.0 Å². The molecule has 0 saturated heterocycles. The van der Waals surface area contributed by atoms with Crippen molar-refractivity contribution in [2.75, 3.05) is 7.11 Å². The number of hydrogen-bond donors (Lipinski definition) is 1. The lowest BCUT2D eigenvalue weighted by Crippen LogP contribution is -2.00. The molecule has 0 bridgehead atoms.